The minimum atomic E-state index is 0.575. The van der Waals surface area contributed by atoms with Gasteiger partial charge in [0.2, 0.25) is 0 Å². The van der Waals surface area contributed by atoms with Crippen LogP contribution in [0.15, 0.2) is 26.1 Å². The van der Waals surface area contributed by atoms with Gasteiger partial charge in [0.25, 0.3) is 0 Å². The van der Waals surface area contributed by atoms with Gasteiger partial charge in [-0.2, -0.15) is 0 Å². The van der Waals surface area contributed by atoms with Crippen molar-refractivity contribution in [2.45, 2.75) is 39.8 Å². The van der Waals surface area contributed by atoms with E-state index in [0.29, 0.717) is 30.5 Å². The second-order valence-electron chi connectivity index (χ2n) is 5.82. The molecule has 0 atom stereocenters. The van der Waals surface area contributed by atoms with Crippen LogP contribution in [0.4, 0.5) is 0 Å². The standard InChI is InChI=1S/C19H27BrN4O3/c1-6-15-13(16(7-2)27-24-15)11-23-19(21-3)22-10-12-8-17(25-4)18(26-5)9-14(12)20/h8-9H,6-7,10-11H2,1-5H3,(H2,21,22,23). The zero-order valence-corrected chi connectivity index (χ0v) is 18.1. The maximum absolute atomic E-state index is 5.41. The Morgan fingerprint density at radius 2 is 1.78 bits per heavy atom. The van der Waals surface area contributed by atoms with E-state index in [1.165, 1.54) is 0 Å². The van der Waals surface area contributed by atoms with Gasteiger partial charge in [0.15, 0.2) is 17.5 Å². The largest absolute Gasteiger partial charge is 0.493 e. The molecule has 0 aliphatic rings. The molecule has 0 bridgehead atoms. The molecular formula is C19H27BrN4O3. The van der Waals surface area contributed by atoms with Crippen LogP contribution in [0.1, 0.15) is 36.4 Å². The van der Waals surface area contributed by atoms with Crippen molar-refractivity contribution in [2.75, 3.05) is 21.3 Å². The Balaban J connectivity index is 2.04. The first kappa shape index (κ1) is 21.1. The molecule has 1 aromatic carbocycles. The summed E-state index contributed by atoms with van der Waals surface area (Å²) in [5.41, 5.74) is 3.12. The van der Waals surface area contributed by atoms with Crippen molar-refractivity contribution in [2.24, 2.45) is 4.99 Å². The maximum atomic E-state index is 5.41. The number of nitrogens with zero attached hydrogens (tertiary/aromatic N) is 2. The molecule has 0 spiro atoms. The summed E-state index contributed by atoms with van der Waals surface area (Å²) in [5, 5.41) is 10.8. The fraction of sp³-hybridized carbons (Fsp3) is 0.474. The van der Waals surface area contributed by atoms with Crippen LogP contribution < -0.4 is 20.1 Å². The van der Waals surface area contributed by atoms with Crippen molar-refractivity contribution < 1.29 is 14.0 Å². The number of guanidine groups is 1. The van der Waals surface area contributed by atoms with E-state index in [4.69, 9.17) is 14.0 Å². The van der Waals surface area contributed by atoms with Crippen molar-refractivity contribution in [3.8, 4) is 11.5 Å². The summed E-state index contributed by atoms with van der Waals surface area (Å²) in [6, 6.07) is 3.83. The molecule has 0 fully saturated rings. The van der Waals surface area contributed by atoms with Crippen molar-refractivity contribution in [3.63, 3.8) is 0 Å². The lowest BCUT2D eigenvalue weighted by molar-refractivity contribution is 0.354. The highest BCUT2D eigenvalue weighted by molar-refractivity contribution is 9.10. The van der Waals surface area contributed by atoms with Crippen molar-refractivity contribution in [3.05, 3.63) is 39.2 Å². The number of aryl methyl sites for hydroxylation is 2. The highest BCUT2D eigenvalue weighted by Gasteiger charge is 2.14. The highest BCUT2D eigenvalue weighted by atomic mass is 79.9. The Bertz CT molecular complexity index is 768. The topological polar surface area (TPSA) is 80.9 Å². The van der Waals surface area contributed by atoms with Crippen molar-refractivity contribution in [1.82, 2.24) is 15.8 Å². The minimum Gasteiger partial charge on any atom is -0.493 e. The van der Waals surface area contributed by atoms with Crippen LogP contribution >= 0.6 is 15.9 Å². The first-order valence-corrected chi connectivity index (χ1v) is 9.68. The van der Waals surface area contributed by atoms with Crippen molar-refractivity contribution >= 4 is 21.9 Å². The van der Waals surface area contributed by atoms with E-state index in [1.807, 2.05) is 12.1 Å². The van der Waals surface area contributed by atoms with Gasteiger partial charge in [0, 0.05) is 36.6 Å². The molecule has 0 saturated heterocycles. The number of nitrogens with one attached hydrogen (secondary N) is 2. The average molecular weight is 439 g/mol. The van der Waals surface area contributed by atoms with Gasteiger partial charge in [0.1, 0.15) is 5.76 Å². The average Bonchev–Trinajstić information content (AvgIpc) is 3.10. The molecule has 2 N–H and O–H groups in total. The van der Waals surface area contributed by atoms with E-state index >= 15 is 0 Å². The summed E-state index contributed by atoms with van der Waals surface area (Å²) < 4.78 is 17.0. The number of aliphatic imine (C=N–C) groups is 1. The highest BCUT2D eigenvalue weighted by Crippen LogP contribution is 2.33. The van der Waals surface area contributed by atoms with Crippen LogP contribution in [0.25, 0.3) is 0 Å². The van der Waals surface area contributed by atoms with E-state index in [1.54, 1.807) is 21.3 Å². The molecule has 148 valence electrons. The fourth-order valence-electron chi connectivity index (χ4n) is 2.74. The Labute approximate surface area is 168 Å². The SMILES string of the molecule is CCc1noc(CC)c1CNC(=NC)NCc1cc(OC)c(OC)cc1Br. The fourth-order valence-corrected chi connectivity index (χ4v) is 3.20. The second-order valence-corrected chi connectivity index (χ2v) is 6.67. The quantitative estimate of drug-likeness (QED) is 0.485. The summed E-state index contributed by atoms with van der Waals surface area (Å²) in [5.74, 6) is 2.98. The second kappa shape index (κ2) is 10.2. The van der Waals surface area contributed by atoms with E-state index in [0.717, 1.165) is 39.9 Å². The zero-order valence-electron chi connectivity index (χ0n) is 16.5. The molecule has 0 unspecified atom stereocenters. The van der Waals surface area contributed by atoms with Crippen LogP contribution in [-0.2, 0) is 25.9 Å². The molecule has 27 heavy (non-hydrogen) atoms. The van der Waals surface area contributed by atoms with E-state index in [-0.39, 0.29) is 0 Å². The maximum Gasteiger partial charge on any atom is 0.191 e. The molecular weight excluding hydrogens is 412 g/mol. The van der Waals surface area contributed by atoms with Crippen LogP contribution in [0.3, 0.4) is 0 Å². The minimum absolute atomic E-state index is 0.575. The summed E-state index contributed by atoms with van der Waals surface area (Å²) in [6.45, 7) is 5.32. The molecule has 0 aliphatic carbocycles. The van der Waals surface area contributed by atoms with Gasteiger partial charge in [-0.3, -0.25) is 4.99 Å². The zero-order chi connectivity index (χ0) is 19.8. The molecule has 0 saturated carbocycles. The Morgan fingerprint density at radius 3 is 2.37 bits per heavy atom. The van der Waals surface area contributed by atoms with E-state index in [9.17, 15) is 0 Å². The predicted molar refractivity (Wildman–Crippen MR) is 110 cm³/mol. The molecule has 1 aromatic heterocycles. The number of rotatable bonds is 8. The van der Waals surface area contributed by atoms with Gasteiger partial charge >= 0.3 is 0 Å². The van der Waals surface area contributed by atoms with Crippen LogP contribution in [0, 0.1) is 0 Å². The Kier molecular flexibility index (Phi) is 7.97. The number of methoxy groups -OCH3 is 2. The van der Waals surface area contributed by atoms with Gasteiger partial charge in [-0.15, -0.1) is 0 Å². The molecule has 0 radical (unpaired) electrons. The monoisotopic (exact) mass is 438 g/mol. The molecule has 1 heterocycles. The predicted octanol–water partition coefficient (Wildman–Crippen LogP) is 3.44. The van der Waals surface area contributed by atoms with Gasteiger partial charge in [-0.1, -0.05) is 34.9 Å². The summed E-state index contributed by atoms with van der Waals surface area (Å²) in [7, 11) is 4.99. The molecule has 7 nitrogen and oxygen atoms in total. The third kappa shape index (κ3) is 5.15. The summed E-state index contributed by atoms with van der Waals surface area (Å²) >= 11 is 3.58. The van der Waals surface area contributed by atoms with Gasteiger partial charge in [0.05, 0.1) is 19.9 Å². The number of aromatic nitrogens is 1. The normalized spacial score (nSPS) is 11.4. The number of benzene rings is 1. The Hall–Kier alpha value is -2.22. The van der Waals surface area contributed by atoms with Gasteiger partial charge in [-0.25, -0.2) is 0 Å². The van der Waals surface area contributed by atoms with E-state index < -0.39 is 0 Å². The number of hydrogen-bond donors (Lipinski definition) is 2. The molecule has 8 heteroatoms. The molecule has 2 aromatic rings. The molecule has 2 rings (SSSR count). The Morgan fingerprint density at radius 1 is 1.11 bits per heavy atom. The lowest BCUT2D eigenvalue weighted by Gasteiger charge is -2.15. The van der Waals surface area contributed by atoms with Crippen LogP contribution in [-0.4, -0.2) is 32.4 Å². The first-order valence-electron chi connectivity index (χ1n) is 8.89. The summed E-state index contributed by atoms with van der Waals surface area (Å²) in [4.78, 5) is 4.29. The molecule has 0 amide bonds. The number of halogens is 1. The van der Waals surface area contributed by atoms with Crippen LogP contribution in [0.2, 0.25) is 0 Å². The third-order valence-electron chi connectivity index (χ3n) is 4.26. The smallest absolute Gasteiger partial charge is 0.191 e. The van der Waals surface area contributed by atoms with Crippen LogP contribution in [0.5, 0.6) is 11.5 Å². The van der Waals surface area contributed by atoms with Gasteiger partial charge in [-0.05, 0) is 24.1 Å². The lowest BCUT2D eigenvalue weighted by atomic mass is 10.1. The van der Waals surface area contributed by atoms with E-state index in [2.05, 4.69) is 50.6 Å². The summed E-state index contributed by atoms with van der Waals surface area (Å²) in [6.07, 6.45) is 1.65. The number of ether oxygens (including phenoxy) is 2. The number of hydrogen-bond acceptors (Lipinski definition) is 5. The molecule has 0 aliphatic heterocycles. The lowest BCUT2D eigenvalue weighted by Crippen LogP contribution is -2.36. The first-order chi connectivity index (χ1) is 13.1. The van der Waals surface area contributed by atoms with Crippen molar-refractivity contribution in [1.29, 1.82) is 0 Å². The van der Waals surface area contributed by atoms with Gasteiger partial charge < -0.3 is 24.6 Å². The third-order valence-corrected chi connectivity index (χ3v) is 5.00.